The van der Waals surface area contributed by atoms with Crippen molar-refractivity contribution < 1.29 is 36.7 Å². The Labute approximate surface area is 269 Å². The Balaban J connectivity index is 1.87. The van der Waals surface area contributed by atoms with Crippen LogP contribution in [0.25, 0.3) is 11.1 Å². The molecule has 2 aromatic carbocycles. The molecule has 2 heterocycles. The number of ketones is 1. The highest BCUT2D eigenvalue weighted by molar-refractivity contribution is 7.92. The number of rotatable bonds is 15. The van der Waals surface area contributed by atoms with Gasteiger partial charge in [-0.2, -0.15) is 0 Å². The normalized spacial score (nSPS) is 20.1. The number of unbranched alkanes of at least 4 members (excludes halogenated alkanes) is 2. The molecular weight excluding hydrogens is 610 g/mol. The third-order valence-electron chi connectivity index (χ3n) is 8.61. The summed E-state index contributed by atoms with van der Waals surface area (Å²) in [7, 11) is -4.00. The molecule has 1 radical (unpaired) electrons. The zero-order valence-corrected chi connectivity index (χ0v) is 27.4. The number of sulfone groups is 1. The minimum Gasteiger partial charge on any atom is -0.459 e. The first-order valence-corrected chi connectivity index (χ1v) is 16.9. The Morgan fingerprint density at radius 2 is 1.61 bits per heavy atom. The number of ether oxygens (including phenoxy) is 1. The van der Waals surface area contributed by atoms with E-state index in [0.29, 0.717) is 17.5 Å². The van der Waals surface area contributed by atoms with E-state index in [1.807, 2.05) is 43.3 Å². The van der Waals surface area contributed by atoms with Gasteiger partial charge in [0.2, 0.25) is 5.91 Å². The van der Waals surface area contributed by atoms with Crippen molar-refractivity contribution in [2.45, 2.75) is 75.5 Å². The van der Waals surface area contributed by atoms with Gasteiger partial charge in [0.25, 0.3) is 11.8 Å². The lowest BCUT2D eigenvalue weighted by atomic mass is 9.77. The first kappa shape index (κ1) is 34.6. The summed E-state index contributed by atoms with van der Waals surface area (Å²) in [5.41, 5.74) is 3.64. The molecule has 0 spiro atoms. The van der Waals surface area contributed by atoms with Crippen LogP contribution < -0.4 is 16.4 Å². The summed E-state index contributed by atoms with van der Waals surface area (Å²) in [6, 6.07) is 17.4. The van der Waals surface area contributed by atoms with Crippen molar-refractivity contribution in [3.05, 3.63) is 90.2 Å². The van der Waals surface area contributed by atoms with Crippen molar-refractivity contribution in [1.29, 1.82) is 0 Å². The number of Topliss-reactive ketones (excluding diaryl/α,β-unsaturated/α-hetero) is 1. The van der Waals surface area contributed by atoms with Gasteiger partial charge in [0, 0.05) is 12.7 Å². The van der Waals surface area contributed by atoms with Crippen molar-refractivity contribution in [2.75, 3.05) is 6.26 Å². The van der Waals surface area contributed by atoms with E-state index < -0.39 is 49.7 Å². The molecular formula is C34H40N3O8S. The SMILES string of the molecule is CCCCCC(=O)[C](c1ccccc1-c1ccccc1)[C@]1(NC(=O)[C@@H](NC(=O)c2ccco2)C(C)(C)S(C)(=O)=O)O[C@]1(C)C(N)=O. The van der Waals surface area contributed by atoms with Crippen molar-refractivity contribution >= 4 is 33.3 Å². The number of hydrogen-bond acceptors (Lipinski definition) is 8. The first-order chi connectivity index (χ1) is 21.6. The van der Waals surface area contributed by atoms with Crippen LogP contribution in [0.1, 0.15) is 69.5 Å². The number of amides is 3. The number of epoxide rings is 1. The fraction of sp³-hybridized carbons (Fsp3) is 0.382. The van der Waals surface area contributed by atoms with Crippen LogP contribution in [0.4, 0.5) is 0 Å². The van der Waals surface area contributed by atoms with Gasteiger partial charge in [-0.3, -0.25) is 19.2 Å². The first-order valence-electron chi connectivity index (χ1n) is 15.0. The summed E-state index contributed by atoms with van der Waals surface area (Å²) in [6.07, 6.45) is 4.41. The van der Waals surface area contributed by atoms with Gasteiger partial charge < -0.3 is 25.5 Å². The molecule has 11 nitrogen and oxygen atoms in total. The second kappa shape index (κ2) is 13.2. The molecule has 1 fully saturated rings. The maximum Gasteiger partial charge on any atom is 0.287 e. The topological polar surface area (TPSA) is 178 Å². The molecule has 3 amide bonds. The molecule has 0 bridgehead atoms. The molecule has 1 aliphatic rings. The average molecular weight is 651 g/mol. The maximum atomic E-state index is 14.3. The minimum absolute atomic E-state index is 0.00835. The van der Waals surface area contributed by atoms with Crippen LogP contribution in [0, 0.1) is 5.92 Å². The van der Waals surface area contributed by atoms with E-state index >= 15 is 0 Å². The Bertz CT molecular complexity index is 1700. The van der Waals surface area contributed by atoms with Crippen molar-refractivity contribution in [3.8, 4) is 11.1 Å². The number of furan rings is 1. The summed E-state index contributed by atoms with van der Waals surface area (Å²) >= 11 is 0. The molecule has 1 aliphatic heterocycles. The van der Waals surface area contributed by atoms with Gasteiger partial charge in [0.1, 0.15) is 17.7 Å². The zero-order chi connectivity index (χ0) is 33.9. The molecule has 4 rings (SSSR count). The molecule has 1 aromatic heterocycles. The van der Waals surface area contributed by atoms with E-state index in [9.17, 15) is 27.6 Å². The average Bonchev–Trinajstić information content (AvgIpc) is 3.32. The van der Waals surface area contributed by atoms with E-state index in [1.165, 1.54) is 39.2 Å². The number of nitrogens with two attached hydrogens (primary N) is 1. The van der Waals surface area contributed by atoms with Crippen LogP contribution in [-0.4, -0.2) is 60.3 Å². The van der Waals surface area contributed by atoms with Crippen LogP contribution in [0.2, 0.25) is 0 Å². The lowest BCUT2D eigenvalue weighted by Crippen LogP contribution is -2.64. The van der Waals surface area contributed by atoms with Gasteiger partial charge in [-0.05, 0) is 56.0 Å². The third-order valence-corrected chi connectivity index (χ3v) is 10.8. The number of carbonyl (C=O) groups excluding carboxylic acids is 4. The molecule has 0 saturated carbocycles. The van der Waals surface area contributed by atoms with Gasteiger partial charge >= 0.3 is 0 Å². The Hall–Kier alpha value is -4.29. The Morgan fingerprint density at radius 3 is 2.17 bits per heavy atom. The number of nitrogens with one attached hydrogen (secondary N) is 2. The summed E-state index contributed by atoms with van der Waals surface area (Å²) in [4.78, 5) is 54.6. The van der Waals surface area contributed by atoms with Gasteiger partial charge in [0.05, 0.1) is 11.0 Å². The number of benzene rings is 2. The Morgan fingerprint density at radius 1 is 0.957 bits per heavy atom. The van der Waals surface area contributed by atoms with E-state index in [2.05, 4.69) is 10.6 Å². The standard InChI is InChI=1S/C34H40N3O8S/c1-6-7-9-19-25(38)27(24-18-13-12-17-23(24)22-15-10-8-11-16-22)34(33(4,45-34)31(35)41)37-30(40)28(32(2,3)46(5,42)43)36-29(39)26-20-14-21-44-26/h8,10-18,20-21,28H,6-7,9,19H2,1-5H3,(H2,35,41)(H,36,39)(H,37,40)/t28-,33-,34+/m1/s1. The largest absolute Gasteiger partial charge is 0.459 e. The monoisotopic (exact) mass is 650 g/mol. The van der Waals surface area contributed by atoms with Crippen LogP contribution in [0.3, 0.4) is 0 Å². The van der Waals surface area contributed by atoms with Crippen LogP contribution in [-0.2, 0) is 29.0 Å². The fourth-order valence-corrected chi connectivity index (χ4v) is 5.99. The zero-order valence-electron chi connectivity index (χ0n) is 26.6. The highest BCUT2D eigenvalue weighted by Gasteiger charge is 2.78. The second-order valence-corrected chi connectivity index (χ2v) is 14.7. The molecule has 3 atom stereocenters. The second-order valence-electron chi connectivity index (χ2n) is 12.1. The summed E-state index contributed by atoms with van der Waals surface area (Å²) in [5, 5.41) is 5.16. The quantitative estimate of drug-likeness (QED) is 0.165. The predicted octanol–water partition coefficient (Wildman–Crippen LogP) is 3.73. The van der Waals surface area contributed by atoms with Gasteiger partial charge in [-0.15, -0.1) is 0 Å². The third kappa shape index (κ3) is 6.50. The highest BCUT2D eigenvalue weighted by atomic mass is 32.2. The predicted molar refractivity (Wildman–Crippen MR) is 172 cm³/mol. The van der Waals surface area contributed by atoms with Crippen molar-refractivity contribution in [2.24, 2.45) is 5.73 Å². The summed E-state index contributed by atoms with van der Waals surface area (Å²) in [6.45, 7) is 5.93. The van der Waals surface area contributed by atoms with E-state index in [0.717, 1.165) is 24.7 Å². The van der Waals surface area contributed by atoms with Gasteiger partial charge in [-0.1, -0.05) is 74.4 Å². The number of primary amides is 1. The molecule has 245 valence electrons. The van der Waals surface area contributed by atoms with Crippen molar-refractivity contribution in [1.82, 2.24) is 10.6 Å². The lowest BCUT2D eigenvalue weighted by molar-refractivity contribution is -0.126. The smallest absolute Gasteiger partial charge is 0.287 e. The summed E-state index contributed by atoms with van der Waals surface area (Å²) in [5.74, 6) is -3.37. The highest BCUT2D eigenvalue weighted by Crippen LogP contribution is 2.55. The van der Waals surface area contributed by atoms with Crippen LogP contribution in [0.15, 0.2) is 77.4 Å². The number of carbonyl (C=O) groups is 4. The van der Waals surface area contributed by atoms with Gasteiger partial charge in [-0.25, -0.2) is 8.42 Å². The van der Waals surface area contributed by atoms with E-state index in [-0.39, 0.29) is 23.9 Å². The molecule has 0 aliphatic carbocycles. The maximum absolute atomic E-state index is 14.3. The molecule has 3 aromatic rings. The van der Waals surface area contributed by atoms with Crippen LogP contribution >= 0.6 is 0 Å². The van der Waals surface area contributed by atoms with E-state index in [4.69, 9.17) is 14.9 Å². The van der Waals surface area contributed by atoms with Crippen molar-refractivity contribution in [3.63, 3.8) is 0 Å². The molecule has 4 N–H and O–H groups in total. The number of hydrogen-bond donors (Lipinski definition) is 3. The fourth-order valence-electron chi connectivity index (χ4n) is 5.39. The molecule has 0 unspecified atom stereocenters. The molecule has 46 heavy (non-hydrogen) atoms. The lowest BCUT2D eigenvalue weighted by Gasteiger charge is -2.34. The van der Waals surface area contributed by atoms with Gasteiger partial charge in [0.15, 0.2) is 26.9 Å². The molecule has 12 heteroatoms. The minimum atomic E-state index is -4.00. The summed E-state index contributed by atoms with van der Waals surface area (Å²) < 4.78 is 35.3. The molecule has 1 saturated heterocycles. The van der Waals surface area contributed by atoms with Crippen LogP contribution in [0.5, 0.6) is 0 Å². The van der Waals surface area contributed by atoms with E-state index in [1.54, 1.807) is 18.2 Å². The Kier molecular flexibility index (Phi) is 9.93.